The molecule has 0 amide bonds. The normalized spacial score (nSPS) is 21.1. The fourth-order valence-corrected chi connectivity index (χ4v) is 6.00. The van der Waals surface area contributed by atoms with Crippen LogP contribution in [-0.4, -0.2) is 76.3 Å². The van der Waals surface area contributed by atoms with Crippen molar-refractivity contribution in [1.82, 2.24) is 0 Å². The molecule has 0 aromatic heterocycles. The average Bonchev–Trinajstić information content (AvgIpc) is 3.06. The summed E-state index contributed by atoms with van der Waals surface area (Å²) in [5.74, 6) is -1.04. The number of carbonyl (C=O) groups is 2. The van der Waals surface area contributed by atoms with Crippen molar-refractivity contribution in [2.24, 2.45) is 5.92 Å². The van der Waals surface area contributed by atoms with Crippen LogP contribution in [-0.2, 0) is 23.8 Å². The SMILES string of the molecule is CCCCCCCCCCCCCCCC(=O)O[C@@H](CO)COC(=O)CCC/C=C\C[C@H]1[C@@H](O)CC(O)O[C@@H]1/C=C/[C@@H](O)CCCCC. The molecule has 9 nitrogen and oxygen atoms in total. The Morgan fingerprint density at radius 1 is 0.792 bits per heavy atom. The third-order valence-electron chi connectivity index (χ3n) is 9.04. The number of hydrogen-bond donors (Lipinski definition) is 4. The lowest BCUT2D eigenvalue weighted by molar-refractivity contribution is -0.199. The van der Waals surface area contributed by atoms with Crippen LogP contribution >= 0.6 is 0 Å². The van der Waals surface area contributed by atoms with E-state index in [-0.39, 0.29) is 31.3 Å². The largest absolute Gasteiger partial charge is 0.462 e. The summed E-state index contributed by atoms with van der Waals surface area (Å²) in [5, 5.41) is 40.3. The molecule has 9 heteroatoms. The number of ether oxygens (including phenoxy) is 3. The van der Waals surface area contributed by atoms with Crippen molar-refractivity contribution in [1.29, 1.82) is 0 Å². The number of hydrogen-bond acceptors (Lipinski definition) is 9. The van der Waals surface area contributed by atoms with Crippen molar-refractivity contribution in [3.8, 4) is 0 Å². The van der Waals surface area contributed by atoms with Gasteiger partial charge in [0, 0.05) is 25.2 Å². The summed E-state index contributed by atoms with van der Waals surface area (Å²) in [4.78, 5) is 24.4. The van der Waals surface area contributed by atoms with Gasteiger partial charge in [0.1, 0.15) is 6.61 Å². The van der Waals surface area contributed by atoms with Gasteiger partial charge in [0.2, 0.25) is 0 Å². The van der Waals surface area contributed by atoms with Gasteiger partial charge in [-0.25, -0.2) is 0 Å². The van der Waals surface area contributed by atoms with Crippen LogP contribution < -0.4 is 0 Å². The summed E-state index contributed by atoms with van der Waals surface area (Å²) >= 11 is 0. The molecule has 1 fully saturated rings. The van der Waals surface area contributed by atoms with Gasteiger partial charge < -0.3 is 34.6 Å². The lowest BCUT2D eigenvalue weighted by atomic mass is 9.87. The van der Waals surface area contributed by atoms with E-state index in [0.717, 1.165) is 38.5 Å². The first-order valence-corrected chi connectivity index (χ1v) is 19.3. The Bertz CT molecular complexity index is 845. The molecule has 0 radical (unpaired) electrons. The minimum atomic E-state index is -1.05. The van der Waals surface area contributed by atoms with E-state index in [1.165, 1.54) is 64.2 Å². The van der Waals surface area contributed by atoms with Crippen molar-refractivity contribution in [2.45, 2.75) is 192 Å². The van der Waals surface area contributed by atoms with Gasteiger partial charge >= 0.3 is 11.9 Å². The maximum atomic E-state index is 12.2. The van der Waals surface area contributed by atoms with Crippen LogP contribution in [0.2, 0.25) is 0 Å². The van der Waals surface area contributed by atoms with Gasteiger partial charge in [0.05, 0.1) is 24.9 Å². The van der Waals surface area contributed by atoms with Gasteiger partial charge in [-0.15, -0.1) is 0 Å². The Balaban J connectivity index is 2.18. The Morgan fingerprint density at radius 3 is 2.00 bits per heavy atom. The molecule has 1 heterocycles. The molecule has 1 saturated heterocycles. The highest BCUT2D eigenvalue weighted by Crippen LogP contribution is 2.29. The summed E-state index contributed by atoms with van der Waals surface area (Å²) in [6.45, 7) is 3.79. The summed E-state index contributed by atoms with van der Waals surface area (Å²) < 4.78 is 16.2. The van der Waals surface area contributed by atoms with Crippen molar-refractivity contribution >= 4 is 11.9 Å². The third-order valence-corrected chi connectivity index (χ3v) is 9.04. The fraction of sp³-hybridized carbons (Fsp3) is 0.846. The van der Waals surface area contributed by atoms with Gasteiger partial charge in [0.15, 0.2) is 12.4 Å². The van der Waals surface area contributed by atoms with Crippen LogP contribution in [0, 0.1) is 5.92 Å². The van der Waals surface area contributed by atoms with Crippen molar-refractivity contribution in [3.63, 3.8) is 0 Å². The molecule has 280 valence electrons. The molecule has 1 aliphatic heterocycles. The summed E-state index contributed by atoms with van der Waals surface area (Å²) in [6.07, 6.45) is 25.7. The zero-order valence-electron chi connectivity index (χ0n) is 30.3. The van der Waals surface area contributed by atoms with E-state index in [0.29, 0.717) is 32.1 Å². The highest BCUT2D eigenvalue weighted by molar-refractivity contribution is 5.70. The standard InChI is InChI=1S/C39H70O9/c1-3-5-7-8-9-10-11-12-13-14-15-16-22-26-38(44)47-33(30-40)31-46-37(43)25-21-18-17-20-24-34-35(42)29-39(45)48-36(34)28-27-32(41)23-19-6-4-2/h17,20,27-28,32-36,39-42,45H,3-16,18-19,21-26,29-31H2,1-2H3/b20-17-,28-27+/t32-,33-,34-,35-,36+,39?/m0/s1. The maximum Gasteiger partial charge on any atom is 0.306 e. The second-order valence-corrected chi connectivity index (χ2v) is 13.5. The topological polar surface area (TPSA) is 143 Å². The molecular weight excluding hydrogens is 612 g/mol. The molecule has 0 spiro atoms. The van der Waals surface area contributed by atoms with Crippen molar-refractivity contribution in [2.75, 3.05) is 13.2 Å². The van der Waals surface area contributed by atoms with E-state index >= 15 is 0 Å². The highest BCUT2D eigenvalue weighted by Gasteiger charge is 2.35. The molecule has 4 N–H and O–H groups in total. The third kappa shape index (κ3) is 23.6. The van der Waals surface area contributed by atoms with E-state index in [1.54, 1.807) is 12.2 Å². The van der Waals surface area contributed by atoms with Gasteiger partial charge in [-0.3, -0.25) is 9.59 Å². The lowest BCUT2D eigenvalue weighted by Gasteiger charge is -2.36. The van der Waals surface area contributed by atoms with Gasteiger partial charge in [-0.2, -0.15) is 0 Å². The molecule has 1 aliphatic rings. The number of aliphatic hydroxyl groups is 4. The van der Waals surface area contributed by atoms with Crippen LogP contribution in [0.5, 0.6) is 0 Å². The quantitative estimate of drug-likeness (QED) is 0.0342. The number of aliphatic hydroxyl groups excluding tert-OH is 4. The average molecular weight is 683 g/mol. The molecule has 6 atom stereocenters. The molecule has 0 aliphatic carbocycles. The monoisotopic (exact) mass is 683 g/mol. The van der Waals surface area contributed by atoms with Crippen molar-refractivity contribution < 1.29 is 44.2 Å². The first-order valence-electron chi connectivity index (χ1n) is 19.3. The molecule has 0 saturated carbocycles. The Kier molecular flexibility index (Phi) is 27.7. The summed E-state index contributed by atoms with van der Waals surface area (Å²) in [6, 6.07) is 0. The fourth-order valence-electron chi connectivity index (χ4n) is 6.00. The van der Waals surface area contributed by atoms with E-state index in [2.05, 4.69) is 13.8 Å². The van der Waals surface area contributed by atoms with Crippen LogP contribution in [0.25, 0.3) is 0 Å². The summed E-state index contributed by atoms with van der Waals surface area (Å²) in [7, 11) is 0. The van der Waals surface area contributed by atoms with E-state index in [9.17, 15) is 30.0 Å². The maximum absolute atomic E-state index is 12.2. The number of esters is 2. The van der Waals surface area contributed by atoms with Gasteiger partial charge in [-0.1, -0.05) is 134 Å². The Labute approximate surface area is 291 Å². The zero-order chi connectivity index (χ0) is 35.2. The smallest absolute Gasteiger partial charge is 0.306 e. The number of carbonyl (C=O) groups excluding carboxylic acids is 2. The molecule has 48 heavy (non-hydrogen) atoms. The second-order valence-electron chi connectivity index (χ2n) is 13.5. The van der Waals surface area contributed by atoms with E-state index < -0.39 is 43.3 Å². The number of unbranched alkanes of at least 4 members (excludes halogenated alkanes) is 15. The van der Waals surface area contributed by atoms with E-state index in [1.807, 2.05) is 12.2 Å². The van der Waals surface area contributed by atoms with Crippen LogP contribution in [0.4, 0.5) is 0 Å². The molecule has 0 bridgehead atoms. The minimum Gasteiger partial charge on any atom is -0.462 e. The molecule has 0 aromatic rings. The van der Waals surface area contributed by atoms with E-state index in [4.69, 9.17) is 14.2 Å². The lowest BCUT2D eigenvalue weighted by Crippen LogP contribution is -2.43. The van der Waals surface area contributed by atoms with Gasteiger partial charge in [0.25, 0.3) is 0 Å². The number of allylic oxidation sites excluding steroid dienone is 2. The second kappa shape index (κ2) is 30.1. The van der Waals surface area contributed by atoms with Crippen molar-refractivity contribution in [3.05, 3.63) is 24.3 Å². The first-order chi connectivity index (χ1) is 23.3. The Morgan fingerprint density at radius 2 is 1.38 bits per heavy atom. The van der Waals surface area contributed by atoms with Gasteiger partial charge in [-0.05, 0) is 32.1 Å². The predicted octanol–water partition coefficient (Wildman–Crippen LogP) is 7.61. The predicted molar refractivity (Wildman–Crippen MR) is 190 cm³/mol. The van der Waals surface area contributed by atoms with Crippen LogP contribution in [0.3, 0.4) is 0 Å². The molecule has 1 unspecified atom stereocenters. The minimum absolute atomic E-state index is 0.136. The molecule has 0 aromatic carbocycles. The molecular formula is C39H70O9. The van der Waals surface area contributed by atoms with Crippen LogP contribution in [0.1, 0.15) is 162 Å². The summed E-state index contributed by atoms with van der Waals surface area (Å²) in [5.41, 5.74) is 0. The zero-order valence-corrected chi connectivity index (χ0v) is 30.3. The number of rotatable bonds is 30. The highest BCUT2D eigenvalue weighted by atomic mass is 16.6. The van der Waals surface area contributed by atoms with Crippen LogP contribution in [0.15, 0.2) is 24.3 Å². The first kappa shape index (κ1) is 44.2. The molecule has 1 rings (SSSR count). The Hall–Kier alpha value is -1.78.